The Morgan fingerprint density at radius 3 is 2.60 bits per heavy atom. The zero-order chi connectivity index (χ0) is 10.5. The van der Waals surface area contributed by atoms with E-state index in [4.69, 9.17) is 0 Å². The second kappa shape index (κ2) is 5.50. The van der Waals surface area contributed by atoms with Crippen molar-refractivity contribution in [2.45, 2.75) is 51.0 Å². The van der Waals surface area contributed by atoms with Crippen molar-refractivity contribution in [1.29, 1.82) is 0 Å². The van der Waals surface area contributed by atoms with Crippen molar-refractivity contribution in [2.75, 3.05) is 13.1 Å². The number of carbonyl (C=O) groups excluding carboxylic acids is 1. The van der Waals surface area contributed by atoms with Gasteiger partial charge in [0.25, 0.3) is 0 Å². The van der Waals surface area contributed by atoms with Crippen LogP contribution < -0.4 is 10.6 Å². The smallest absolute Gasteiger partial charge is 0.223 e. The summed E-state index contributed by atoms with van der Waals surface area (Å²) in [6.45, 7) is 2.05. The lowest BCUT2D eigenvalue weighted by Gasteiger charge is -2.27. The van der Waals surface area contributed by atoms with Gasteiger partial charge in [-0.2, -0.15) is 0 Å². The van der Waals surface area contributed by atoms with Crippen molar-refractivity contribution in [2.24, 2.45) is 5.92 Å². The van der Waals surface area contributed by atoms with Gasteiger partial charge in [0.15, 0.2) is 0 Å². The third-order valence-corrected chi connectivity index (χ3v) is 3.68. The van der Waals surface area contributed by atoms with Crippen LogP contribution in [0.2, 0.25) is 0 Å². The van der Waals surface area contributed by atoms with Crippen LogP contribution in [0.15, 0.2) is 0 Å². The Kier molecular flexibility index (Phi) is 4.01. The van der Waals surface area contributed by atoms with Crippen molar-refractivity contribution >= 4 is 5.91 Å². The van der Waals surface area contributed by atoms with Gasteiger partial charge >= 0.3 is 0 Å². The summed E-state index contributed by atoms with van der Waals surface area (Å²) in [5.41, 5.74) is 0. The molecule has 0 aromatic carbocycles. The van der Waals surface area contributed by atoms with Crippen molar-refractivity contribution in [3.8, 4) is 0 Å². The van der Waals surface area contributed by atoms with E-state index in [0.717, 1.165) is 31.8 Å². The normalized spacial score (nSPS) is 26.3. The lowest BCUT2D eigenvalue weighted by molar-refractivity contribution is -0.124. The molecule has 3 heteroatoms. The van der Waals surface area contributed by atoms with Crippen molar-refractivity contribution < 1.29 is 4.79 Å². The first-order valence-electron chi connectivity index (χ1n) is 6.37. The minimum absolute atomic E-state index is 0.300. The van der Waals surface area contributed by atoms with Gasteiger partial charge in [-0.3, -0.25) is 4.79 Å². The highest BCUT2D eigenvalue weighted by molar-refractivity contribution is 5.78. The summed E-state index contributed by atoms with van der Waals surface area (Å²) in [4.78, 5) is 11.6. The minimum atomic E-state index is 0.300. The standard InChI is InChI=1S/C12H22N2O/c15-12(10-4-1-2-5-10)14-8-3-6-11-7-9-13-11/h10-11,13H,1-9H2,(H,14,15). The predicted molar refractivity (Wildman–Crippen MR) is 60.6 cm³/mol. The van der Waals surface area contributed by atoms with Crippen LogP contribution >= 0.6 is 0 Å². The molecule has 0 radical (unpaired) electrons. The summed E-state index contributed by atoms with van der Waals surface area (Å²) < 4.78 is 0. The molecule has 1 aliphatic heterocycles. The Labute approximate surface area is 92.0 Å². The molecule has 1 aliphatic carbocycles. The van der Waals surface area contributed by atoms with E-state index in [9.17, 15) is 4.79 Å². The molecule has 0 aromatic rings. The highest BCUT2D eigenvalue weighted by Crippen LogP contribution is 2.24. The number of hydrogen-bond acceptors (Lipinski definition) is 2. The number of carbonyl (C=O) groups is 1. The van der Waals surface area contributed by atoms with Crippen LogP contribution in [0.1, 0.15) is 44.9 Å². The van der Waals surface area contributed by atoms with Crippen molar-refractivity contribution in [3.63, 3.8) is 0 Å². The molecule has 3 nitrogen and oxygen atoms in total. The summed E-state index contributed by atoms with van der Waals surface area (Å²) in [6.07, 6.45) is 8.35. The molecule has 1 unspecified atom stereocenters. The molecule has 1 saturated carbocycles. The molecule has 1 saturated heterocycles. The quantitative estimate of drug-likeness (QED) is 0.674. The average Bonchev–Trinajstić information content (AvgIpc) is 2.67. The van der Waals surface area contributed by atoms with Gasteiger partial charge in [0.1, 0.15) is 0 Å². The first-order valence-corrected chi connectivity index (χ1v) is 6.37. The van der Waals surface area contributed by atoms with E-state index in [2.05, 4.69) is 10.6 Å². The lowest BCUT2D eigenvalue weighted by Crippen LogP contribution is -2.43. The fraction of sp³-hybridized carbons (Fsp3) is 0.917. The van der Waals surface area contributed by atoms with Gasteiger partial charge < -0.3 is 10.6 Å². The molecule has 1 heterocycles. The van der Waals surface area contributed by atoms with Crippen LogP contribution in [0, 0.1) is 5.92 Å². The van der Waals surface area contributed by atoms with E-state index >= 15 is 0 Å². The maximum Gasteiger partial charge on any atom is 0.223 e. The summed E-state index contributed by atoms with van der Waals surface area (Å²) in [5, 5.41) is 6.44. The molecule has 86 valence electrons. The molecule has 0 bridgehead atoms. The molecular weight excluding hydrogens is 188 g/mol. The van der Waals surface area contributed by atoms with E-state index in [1.807, 2.05) is 0 Å². The predicted octanol–water partition coefficient (Wildman–Crippen LogP) is 1.43. The maximum absolute atomic E-state index is 11.6. The molecule has 2 fully saturated rings. The van der Waals surface area contributed by atoms with E-state index in [-0.39, 0.29) is 0 Å². The largest absolute Gasteiger partial charge is 0.356 e. The Hall–Kier alpha value is -0.570. The fourth-order valence-electron chi connectivity index (χ4n) is 2.49. The first-order chi connectivity index (χ1) is 7.36. The van der Waals surface area contributed by atoms with Crippen molar-refractivity contribution in [3.05, 3.63) is 0 Å². The molecule has 2 aliphatic rings. The van der Waals surface area contributed by atoms with Crippen LogP contribution in [-0.2, 0) is 4.79 Å². The SMILES string of the molecule is O=C(NCCCC1CCN1)C1CCCC1. The summed E-state index contributed by atoms with van der Waals surface area (Å²) >= 11 is 0. The van der Waals surface area contributed by atoms with Crippen LogP contribution in [0.25, 0.3) is 0 Å². The molecule has 0 aromatic heterocycles. The van der Waals surface area contributed by atoms with Gasteiger partial charge in [0.2, 0.25) is 5.91 Å². The Morgan fingerprint density at radius 1 is 1.27 bits per heavy atom. The van der Waals surface area contributed by atoms with Crippen molar-refractivity contribution in [1.82, 2.24) is 10.6 Å². The zero-order valence-electron chi connectivity index (χ0n) is 9.43. The third-order valence-electron chi connectivity index (χ3n) is 3.68. The Bertz CT molecular complexity index is 208. The van der Waals surface area contributed by atoms with Gasteiger partial charge in [0, 0.05) is 18.5 Å². The highest BCUT2D eigenvalue weighted by atomic mass is 16.1. The van der Waals surface area contributed by atoms with Gasteiger partial charge in [-0.05, 0) is 38.6 Å². The van der Waals surface area contributed by atoms with Crippen LogP contribution in [0.3, 0.4) is 0 Å². The topological polar surface area (TPSA) is 41.1 Å². The number of hydrogen-bond donors (Lipinski definition) is 2. The Balaban J connectivity index is 1.50. The van der Waals surface area contributed by atoms with E-state index in [0.29, 0.717) is 11.8 Å². The van der Waals surface area contributed by atoms with Crippen LogP contribution in [0.4, 0.5) is 0 Å². The second-order valence-electron chi connectivity index (χ2n) is 4.85. The zero-order valence-corrected chi connectivity index (χ0v) is 9.43. The third kappa shape index (κ3) is 3.20. The highest BCUT2D eigenvalue weighted by Gasteiger charge is 2.22. The molecule has 2 rings (SSSR count). The average molecular weight is 210 g/mol. The summed E-state index contributed by atoms with van der Waals surface area (Å²) in [6, 6.07) is 0.730. The number of rotatable bonds is 5. The van der Waals surface area contributed by atoms with Gasteiger partial charge in [-0.1, -0.05) is 12.8 Å². The molecule has 1 atom stereocenters. The molecule has 2 N–H and O–H groups in total. The summed E-state index contributed by atoms with van der Waals surface area (Å²) in [5.74, 6) is 0.626. The van der Waals surface area contributed by atoms with E-state index in [1.54, 1.807) is 0 Å². The first kappa shape index (κ1) is 10.9. The molecule has 0 spiro atoms. The van der Waals surface area contributed by atoms with Crippen LogP contribution in [0.5, 0.6) is 0 Å². The van der Waals surface area contributed by atoms with Gasteiger partial charge in [-0.15, -0.1) is 0 Å². The number of amides is 1. The minimum Gasteiger partial charge on any atom is -0.356 e. The fourth-order valence-corrected chi connectivity index (χ4v) is 2.49. The van der Waals surface area contributed by atoms with E-state index in [1.165, 1.54) is 32.2 Å². The molecule has 15 heavy (non-hydrogen) atoms. The van der Waals surface area contributed by atoms with Crippen LogP contribution in [-0.4, -0.2) is 25.0 Å². The van der Waals surface area contributed by atoms with E-state index < -0.39 is 0 Å². The molecule has 1 amide bonds. The number of nitrogens with one attached hydrogen (secondary N) is 2. The maximum atomic E-state index is 11.6. The monoisotopic (exact) mass is 210 g/mol. The second-order valence-corrected chi connectivity index (χ2v) is 4.85. The molecular formula is C12H22N2O. The summed E-state index contributed by atoms with van der Waals surface area (Å²) in [7, 11) is 0. The Morgan fingerprint density at radius 2 is 2.00 bits per heavy atom. The van der Waals surface area contributed by atoms with Gasteiger partial charge in [0.05, 0.1) is 0 Å². The van der Waals surface area contributed by atoms with Gasteiger partial charge in [-0.25, -0.2) is 0 Å². The lowest BCUT2D eigenvalue weighted by atomic mass is 10.0.